The summed E-state index contributed by atoms with van der Waals surface area (Å²) in [6, 6.07) is 3.44. The SMILES string of the molecule is COCCC(C)(C)C(=O)NCc1cc(Cl)ccn1. The van der Waals surface area contributed by atoms with Crippen LogP contribution < -0.4 is 5.32 Å². The van der Waals surface area contributed by atoms with Crippen molar-refractivity contribution in [2.24, 2.45) is 5.41 Å². The summed E-state index contributed by atoms with van der Waals surface area (Å²) in [4.78, 5) is 16.1. The Morgan fingerprint density at radius 3 is 2.89 bits per heavy atom. The minimum Gasteiger partial charge on any atom is -0.385 e. The second kappa shape index (κ2) is 6.71. The largest absolute Gasteiger partial charge is 0.385 e. The summed E-state index contributed by atoms with van der Waals surface area (Å²) >= 11 is 5.85. The van der Waals surface area contributed by atoms with Crippen molar-refractivity contribution >= 4 is 17.5 Å². The lowest BCUT2D eigenvalue weighted by Crippen LogP contribution is -2.37. The Balaban J connectivity index is 2.50. The Hall–Kier alpha value is -1.13. The first-order chi connectivity index (χ1) is 8.45. The lowest BCUT2D eigenvalue weighted by molar-refractivity contribution is -0.130. The van der Waals surface area contributed by atoms with E-state index in [0.717, 1.165) is 5.69 Å². The number of rotatable bonds is 6. The quantitative estimate of drug-likeness (QED) is 0.864. The molecule has 1 heterocycles. The molecule has 18 heavy (non-hydrogen) atoms. The molecule has 1 amide bonds. The van der Waals surface area contributed by atoms with E-state index in [4.69, 9.17) is 16.3 Å². The highest BCUT2D eigenvalue weighted by atomic mass is 35.5. The lowest BCUT2D eigenvalue weighted by atomic mass is 9.88. The van der Waals surface area contributed by atoms with Gasteiger partial charge in [0.15, 0.2) is 0 Å². The Morgan fingerprint density at radius 2 is 2.28 bits per heavy atom. The second-order valence-electron chi connectivity index (χ2n) is 4.77. The van der Waals surface area contributed by atoms with Crippen molar-refractivity contribution < 1.29 is 9.53 Å². The zero-order valence-electron chi connectivity index (χ0n) is 11.0. The van der Waals surface area contributed by atoms with Gasteiger partial charge in [-0.25, -0.2) is 0 Å². The van der Waals surface area contributed by atoms with Crippen LogP contribution in [-0.2, 0) is 16.1 Å². The summed E-state index contributed by atoms with van der Waals surface area (Å²) in [5.74, 6) is -0.0127. The minimum atomic E-state index is -0.450. The van der Waals surface area contributed by atoms with Crippen molar-refractivity contribution in [3.05, 3.63) is 29.0 Å². The number of carbonyl (C=O) groups is 1. The molecule has 0 aliphatic heterocycles. The number of aromatic nitrogens is 1. The van der Waals surface area contributed by atoms with Crippen LogP contribution >= 0.6 is 11.6 Å². The molecule has 4 nitrogen and oxygen atoms in total. The van der Waals surface area contributed by atoms with Gasteiger partial charge in [-0.1, -0.05) is 25.4 Å². The molecule has 100 valence electrons. The molecule has 0 aromatic carbocycles. The summed E-state index contributed by atoms with van der Waals surface area (Å²) < 4.78 is 5.00. The van der Waals surface area contributed by atoms with Gasteiger partial charge in [0.1, 0.15) is 0 Å². The highest BCUT2D eigenvalue weighted by molar-refractivity contribution is 6.30. The van der Waals surface area contributed by atoms with Crippen LogP contribution in [-0.4, -0.2) is 24.6 Å². The van der Waals surface area contributed by atoms with Crippen molar-refractivity contribution in [3.8, 4) is 0 Å². The highest BCUT2D eigenvalue weighted by Gasteiger charge is 2.26. The molecule has 0 aliphatic rings. The first-order valence-electron chi connectivity index (χ1n) is 5.83. The third kappa shape index (κ3) is 4.63. The Labute approximate surface area is 113 Å². The normalized spacial score (nSPS) is 11.3. The molecule has 0 saturated heterocycles. The third-order valence-electron chi connectivity index (χ3n) is 2.75. The monoisotopic (exact) mass is 270 g/mol. The van der Waals surface area contributed by atoms with E-state index in [1.54, 1.807) is 25.4 Å². The molecule has 0 radical (unpaired) electrons. The van der Waals surface area contributed by atoms with Crippen LogP contribution in [0.15, 0.2) is 18.3 Å². The molecule has 0 spiro atoms. The number of amides is 1. The van der Waals surface area contributed by atoms with Crippen molar-refractivity contribution in [3.63, 3.8) is 0 Å². The minimum absolute atomic E-state index is 0.0127. The molecule has 1 aromatic heterocycles. The van der Waals surface area contributed by atoms with Crippen molar-refractivity contribution in [1.82, 2.24) is 10.3 Å². The zero-order chi connectivity index (χ0) is 13.6. The molecule has 0 aliphatic carbocycles. The maximum atomic E-state index is 12.0. The van der Waals surface area contributed by atoms with Crippen LogP contribution in [0.2, 0.25) is 5.02 Å². The van der Waals surface area contributed by atoms with Crippen molar-refractivity contribution in [2.45, 2.75) is 26.8 Å². The number of halogens is 1. The van der Waals surface area contributed by atoms with Crippen LogP contribution in [0.25, 0.3) is 0 Å². The summed E-state index contributed by atoms with van der Waals surface area (Å²) in [6.07, 6.45) is 2.30. The molecular formula is C13H19ClN2O2. The second-order valence-corrected chi connectivity index (χ2v) is 5.21. The molecule has 0 atom stereocenters. The molecule has 0 fully saturated rings. The average Bonchev–Trinajstić information content (AvgIpc) is 2.33. The maximum Gasteiger partial charge on any atom is 0.226 e. The Morgan fingerprint density at radius 1 is 1.56 bits per heavy atom. The van der Waals surface area contributed by atoms with Gasteiger partial charge in [0, 0.05) is 30.4 Å². The fourth-order valence-electron chi connectivity index (χ4n) is 1.43. The van der Waals surface area contributed by atoms with E-state index in [1.165, 1.54) is 0 Å². The van der Waals surface area contributed by atoms with Crippen molar-refractivity contribution in [1.29, 1.82) is 0 Å². The number of ether oxygens (including phenoxy) is 1. The topological polar surface area (TPSA) is 51.2 Å². The van der Waals surface area contributed by atoms with Crippen LogP contribution in [0.4, 0.5) is 0 Å². The number of methoxy groups -OCH3 is 1. The fraction of sp³-hybridized carbons (Fsp3) is 0.538. The van der Waals surface area contributed by atoms with Gasteiger partial charge in [0.05, 0.1) is 12.2 Å². The molecule has 0 saturated carbocycles. The van der Waals surface area contributed by atoms with E-state index in [9.17, 15) is 4.79 Å². The number of hydrogen-bond acceptors (Lipinski definition) is 3. The van der Waals surface area contributed by atoms with Crippen LogP contribution in [0.1, 0.15) is 26.0 Å². The van der Waals surface area contributed by atoms with E-state index in [-0.39, 0.29) is 5.91 Å². The maximum absolute atomic E-state index is 12.0. The number of pyridine rings is 1. The van der Waals surface area contributed by atoms with E-state index in [2.05, 4.69) is 10.3 Å². The van der Waals surface area contributed by atoms with E-state index in [0.29, 0.717) is 24.6 Å². The number of nitrogens with one attached hydrogen (secondary N) is 1. The predicted octanol–water partition coefficient (Wildman–Crippen LogP) is 2.41. The Kier molecular flexibility index (Phi) is 5.56. The number of carbonyl (C=O) groups excluding carboxylic acids is 1. The predicted molar refractivity (Wildman–Crippen MR) is 71.4 cm³/mol. The Bertz CT molecular complexity index is 408. The van der Waals surface area contributed by atoms with Gasteiger partial charge in [-0.3, -0.25) is 9.78 Å². The molecule has 1 aromatic rings. The van der Waals surface area contributed by atoms with Gasteiger partial charge in [0.25, 0.3) is 0 Å². The number of nitrogens with zero attached hydrogens (tertiary/aromatic N) is 1. The van der Waals surface area contributed by atoms with Gasteiger partial charge >= 0.3 is 0 Å². The van der Waals surface area contributed by atoms with Crippen LogP contribution in [0.3, 0.4) is 0 Å². The summed E-state index contributed by atoms with van der Waals surface area (Å²) in [7, 11) is 1.63. The van der Waals surface area contributed by atoms with Gasteiger partial charge in [-0.15, -0.1) is 0 Å². The fourth-order valence-corrected chi connectivity index (χ4v) is 1.61. The van der Waals surface area contributed by atoms with Gasteiger partial charge in [-0.05, 0) is 18.6 Å². The summed E-state index contributed by atoms with van der Waals surface area (Å²) in [6.45, 7) is 4.74. The molecule has 5 heteroatoms. The zero-order valence-corrected chi connectivity index (χ0v) is 11.8. The first-order valence-corrected chi connectivity index (χ1v) is 6.21. The average molecular weight is 271 g/mol. The van der Waals surface area contributed by atoms with E-state index in [1.807, 2.05) is 13.8 Å². The van der Waals surface area contributed by atoms with Gasteiger partial charge in [-0.2, -0.15) is 0 Å². The summed E-state index contributed by atoms with van der Waals surface area (Å²) in [5, 5.41) is 3.48. The third-order valence-corrected chi connectivity index (χ3v) is 2.99. The standard InChI is InChI=1S/C13H19ClN2O2/c1-13(2,5-7-18-3)12(17)16-9-11-8-10(14)4-6-15-11/h4,6,8H,5,7,9H2,1-3H3,(H,16,17). The van der Waals surface area contributed by atoms with E-state index < -0.39 is 5.41 Å². The molecular weight excluding hydrogens is 252 g/mol. The van der Waals surface area contributed by atoms with Gasteiger partial charge in [0.2, 0.25) is 5.91 Å². The molecule has 1 N–H and O–H groups in total. The smallest absolute Gasteiger partial charge is 0.226 e. The molecule has 1 rings (SSSR count). The lowest BCUT2D eigenvalue weighted by Gasteiger charge is -2.23. The highest BCUT2D eigenvalue weighted by Crippen LogP contribution is 2.20. The number of hydrogen-bond donors (Lipinski definition) is 1. The van der Waals surface area contributed by atoms with Crippen molar-refractivity contribution in [2.75, 3.05) is 13.7 Å². The first kappa shape index (κ1) is 14.9. The molecule has 0 unspecified atom stereocenters. The van der Waals surface area contributed by atoms with E-state index >= 15 is 0 Å². The van der Waals surface area contributed by atoms with Gasteiger partial charge < -0.3 is 10.1 Å². The van der Waals surface area contributed by atoms with Crippen LogP contribution in [0, 0.1) is 5.41 Å². The molecule has 0 bridgehead atoms. The van der Waals surface area contributed by atoms with Crippen LogP contribution in [0.5, 0.6) is 0 Å². The summed E-state index contributed by atoms with van der Waals surface area (Å²) in [5.41, 5.74) is 0.299.